The zero-order chi connectivity index (χ0) is 20.8. The van der Waals surface area contributed by atoms with Crippen molar-refractivity contribution in [2.75, 3.05) is 5.32 Å². The van der Waals surface area contributed by atoms with Gasteiger partial charge < -0.3 is 10.1 Å². The first kappa shape index (κ1) is 20.6. The lowest BCUT2D eigenvalue weighted by Crippen LogP contribution is -2.29. The number of amides is 1. The SMILES string of the molecule is C[C@H](OC(=O)/C=C/c1cccc([N+](=O)[O-])c1)C(=O)Nc1ccc(F)c(F)c1F. The van der Waals surface area contributed by atoms with Crippen LogP contribution >= 0.6 is 0 Å². The lowest BCUT2D eigenvalue weighted by molar-refractivity contribution is -0.384. The van der Waals surface area contributed by atoms with Crippen molar-refractivity contribution in [3.63, 3.8) is 0 Å². The second kappa shape index (κ2) is 8.80. The van der Waals surface area contributed by atoms with E-state index in [1.807, 2.05) is 5.32 Å². The lowest BCUT2D eigenvalue weighted by Gasteiger charge is -2.13. The number of esters is 1. The number of benzene rings is 2. The third-order valence-electron chi connectivity index (χ3n) is 3.45. The molecular formula is C18H13F3N2O5. The maximum Gasteiger partial charge on any atom is 0.331 e. The molecule has 0 saturated carbocycles. The second-order valence-corrected chi connectivity index (χ2v) is 5.48. The number of nitro groups is 1. The number of nitrogens with zero attached hydrogens (tertiary/aromatic N) is 1. The van der Waals surface area contributed by atoms with Crippen LogP contribution < -0.4 is 5.32 Å². The summed E-state index contributed by atoms with van der Waals surface area (Å²) in [5.74, 6) is -6.66. The number of carbonyl (C=O) groups excluding carboxylic acids is 2. The highest BCUT2D eigenvalue weighted by Crippen LogP contribution is 2.20. The molecule has 0 aliphatic carbocycles. The maximum atomic E-state index is 13.6. The summed E-state index contributed by atoms with van der Waals surface area (Å²) in [4.78, 5) is 33.8. The van der Waals surface area contributed by atoms with Gasteiger partial charge in [0.1, 0.15) is 0 Å². The van der Waals surface area contributed by atoms with Crippen LogP contribution in [0.15, 0.2) is 42.5 Å². The highest BCUT2D eigenvalue weighted by Gasteiger charge is 2.20. The first-order valence-electron chi connectivity index (χ1n) is 7.76. The molecule has 0 bridgehead atoms. The molecule has 146 valence electrons. The minimum atomic E-state index is -1.75. The number of ether oxygens (including phenoxy) is 1. The predicted molar refractivity (Wildman–Crippen MR) is 92.6 cm³/mol. The fourth-order valence-electron chi connectivity index (χ4n) is 2.03. The number of rotatable bonds is 6. The van der Waals surface area contributed by atoms with Crippen molar-refractivity contribution < 1.29 is 32.4 Å². The number of anilines is 1. The molecular weight excluding hydrogens is 381 g/mol. The van der Waals surface area contributed by atoms with E-state index in [4.69, 9.17) is 4.74 Å². The molecule has 0 fully saturated rings. The van der Waals surface area contributed by atoms with Gasteiger partial charge in [-0.1, -0.05) is 12.1 Å². The molecule has 1 N–H and O–H groups in total. The van der Waals surface area contributed by atoms with Crippen molar-refractivity contribution in [1.82, 2.24) is 0 Å². The van der Waals surface area contributed by atoms with Crippen LogP contribution in [-0.2, 0) is 14.3 Å². The van der Waals surface area contributed by atoms with Crippen molar-refractivity contribution in [1.29, 1.82) is 0 Å². The molecule has 0 radical (unpaired) electrons. The first-order valence-corrected chi connectivity index (χ1v) is 7.76. The summed E-state index contributed by atoms with van der Waals surface area (Å²) in [5, 5.41) is 12.7. The van der Waals surface area contributed by atoms with Crippen LogP contribution in [0.2, 0.25) is 0 Å². The average molecular weight is 394 g/mol. The Morgan fingerprint density at radius 3 is 2.57 bits per heavy atom. The standard InChI is InChI=1S/C18H13F3N2O5/c1-10(18(25)22-14-7-6-13(19)16(20)17(14)21)28-15(24)8-5-11-3-2-4-12(9-11)23(26)27/h2-10H,1H3,(H,22,25)/b8-5+/t10-/m0/s1. The Labute approximate surface area is 156 Å². The fourth-order valence-corrected chi connectivity index (χ4v) is 2.03. The van der Waals surface area contributed by atoms with Gasteiger partial charge in [0.15, 0.2) is 23.6 Å². The summed E-state index contributed by atoms with van der Waals surface area (Å²) in [6, 6.07) is 6.90. The monoisotopic (exact) mass is 394 g/mol. The van der Waals surface area contributed by atoms with Gasteiger partial charge in [0, 0.05) is 18.2 Å². The minimum Gasteiger partial charge on any atom is -0.449 e. The molecule has 28 heavy (non-hydrogen) atoms. The minimum absolute atomic E-state index is 0.170. The zero-order valence-corrected chi connectivity index (χ0v) is 14.3. The highest BCUT2D eigenvalue weighted by molar-refractivity contribution is 5.96. The zero-order valence-electron chi connectivity index (χ0n) is 14.3. The summed E-state index contributed by atoms with van der Waals surface area (Å²) >= 11 is 0. The van der Waals surface area contributed by atoms with E-state index >= 15 is 0 Å². The van der Waals surface area contributed by atoms with Gasteiger partial charge in [0.25, 0.3) is 11.6 Å². The number of non-ortho nitro benzene ring substituents is 1. The number of halogens is 3. The summed E-state index contributed by atoms with van der Waals surface area (Å²) in [5.41, 5.74) is -0.428. The second-order valence-electron chi connectivity index (χ2n) is 5.48. The van der Waals surface area contributed by atoms with Crippen LogP contribution in [0.4, 0.5) is 24.5 Å². The lowest BCUT2D eigenvalue weighted by atomic mass is 10.2. The largest absolute Gasteiger partial charge is 0.449 e. The number of hydrogen-bond acceptors (Lipinski definition) is 5. The Morgan fingerprint density at radius 2 is 1.89 bits per heavy atom. The van der Waals surface area contributed by atoms with E-state index in [1.165, 1.54) is 37.3 Å². The van der Waals surface area contributed by atoms with E-state index < -0.39 is 46.0 Å². The Morgan fingerprint density at radius 1 is 1.18 bits per heavy atom. The van der Waals surface area contributed by atoms with E-state index in [0.717, 1.165) is 12.1 Å². The highest BCUT2D eigenvalue weighted by atomic mass is 19.2. The number of hydrogen-bond donors (Lipinski definition) is 1. The number of nitrogens with one attached hydrogen (secondary N) is 1. The molecule has 7 nitrogen and oxygen atoms in total. The molecule has 0 spiro atoms. The molecule has 0 aliphatic rings. The Hall–Kier alpha value is -3.69. The van der Waals surface area contributed by atoms with Crippen LogP contribution in [0.25, 0.3) is 6.08 Å². The van der Waals surface area contributed by atoms with Crippen molar-refractivity contribution in [2.45, 2.75) is 13.0 Å². The molecule has 0 heterocycles. The average Bonchev–Trinajstić information content (AvgIpc) is 2.66. The fraction of sp³-hybridized carbons (Fsp3) is 0.111. The molecule has 2 rings (SSSR count). The maximum absolute atomic E-state index is 13.6. The van der Waals surface area contributed by atoms with Gasteiger partial charge in [-0.15, -0.1) is 0 Å². The molecule has 0 aliphatic heterocycles. The molecule has 1 atom stereocenters. The van der Waals surface area contributed by atoms with Gasteiger partial charge in [-0.2, -0.15) is 0 Å². The van der Waals surface area contributed by atoms with E-state index in [0.29, 0.717) is 11.6 Å². The Balaban J connectivity index is 1.98. The normalized spacial score (nSPS) is 11.9. The third-order valence-corrected chi connectivity index (χ3v) is 3.45. The van der Waals surface area contributed by atoms with Gasteiger partial charge in [-0.05, 0) is 30.7 Å². The van der Waals surface area contributed by atoms with Crippen LogP contribution in [0.3, 0.4) is 0 Å². The summed E-state index contributed by atoms with van der Waals surface area (Å²) < 4.78 is 44.4. The predicted octanol–water partition coefficient (Wildman–Crippen LogP) is 3.60. The number of carbonyl (C=O) groups is 2. The van der Waals surface area contributed by atoms with Crippen molar-refractivity contribution >= 4 is 29.3 Å². The topological polar surface area (TPSA) is 98.5 Å². The smallest absolute Gasteiger partial charge is 0.331 e. The molecule has 2 aromatic rings. The van der Waals surface area contributed by atoms with Crippen LogP contribution in [-0.4, -0.2) is 22.9 Å². The first-order chi connectivity index (χ1) is 13.2. The summed E-state index contributed by atoms with van der Waals surface area (Å²) in [7, 11) is 0. The van der Waals surface area contributed by atoms with Crippen LogP contribution in [0.5, 0.6) is 0 Å². The van der Waals surface area contributed by atoms with Crippen LogP contribution in [0.1, 0.15) is 12.5 Å². The third kappa shape index (κ3) is 5.16. The quantitative estimate of drug-likeness (QED) is 0.265. The van der Waals surface area contributed by atoms with Gasteiger partial charge in [0.05, 0.1) is 10.6 Å². The molecule has 0 aromatic heterocycles. The van der Waals surface area contributed by atoms with E-state index in [-0.39, 0.29) is 5.69 Å². The molecule has 10 heteroatoms. The molecule has 0 saturated heterocycles. The van der Waals surface area contributed by atoms with Crippen molar-refractivity contribution in [3.8, 4) is 0 Å². The van der Waals surface area contributed by atoms with Gasteiger partial charge in [-0.25, -0.2) is 18.0 Å². The van der Waals surface area contributed by atoms with Crippen molar-refractivity contribution in [3.05, 3.63) is 75.6 Å². The summed E-state index contributed by atoms with van der Waals surface area (Å²) in [6.45, 7) is 1.19. The number of nitro benzene ring substituents is 1. The van der Waals surface area contributed by atoms with E-state index in [1.54, 1.807) is 0 Å². The Kier molecular flexibility index (Phi) is 6.48. The summed E-state index contributed by atoms with van der Waals surface area (Å²) in [6.07, 6.45) is 0.811. The van der Waals surface area contributed by atoms with Crippen molar-refractivity contribution in [2.24, 2.45) is 0 Å². The Bertz CT molecular complexity index is 962. The van der Waals surface area contributed by atoms with E-state index in [9.17, 15) is 32.9 Å². The molecule has 2 aromatic carbocycles. The van der Waals surface area contributed by atoms with Gasteiger partial charge in [-0.3, -0.25) is 14.9 Å². The molecule has 1 amide bonds. The van der Waals surface area contributed by atoms with Gasteiger partial charge >= 0.3 is 5.97 Å². The molecule has 0 unspecified atom stereocenters. The van der Waals surface area contributed by atoms with Gasteiger partial charge in [0.2, 0.25) is 0 Å². The van der Waals surface area contributed by atoms with E-state index in [2.05, 4.69) is 0 Å². The van der Waals surface area contributed by atoms with Crippen LogP contribution in [0, 0.1) is 27.6 Å².